The number of nitrogens with two attached hydrogens (primary N) is 1. The van der Waals surface area contributed by atoms with Gasteiger partial charge in [0.05, 0.1) is 18.8 Å². The molecule has 0 unspecified atom stereocenters. The predicted octanol–water partition coefficient (Wildman–Crippen LogP) is 0.791. The molecule has 0 spiro atoms. The highest BCUT2D eigenvalue weighted by Gasteiger charge is 2.30. The average Bonchev–Trinajstić information content (AvgIpc) is 3.09. The lowest BCUT2D eigenvalue weighted by Gasteiger charge is -2.06. The molecule has 1 aliphatic rings. The van der Waals surface area contributed by atoms with Crippen molar-refractivity contribution in [1.29, 1.82) is 0 Å². The minimum absolute atomic E-state index is 0.568. The molecule has 6 heteroatoms. The van der Waals surface area contributed by atoms with E-state index in [1.165, 1.54) is 12.8 Å². The van der Waals surface area contributed by atoms with Crippen LogP contribution in [0.2, 0.25) is 0 Å². The van der Waals surface area contributed by atoms with Gasteiger partial charge in [-0.2, -0.15) is 0 Å². The molecule has 96 valence electrons. The Kier molecular flexibility index (Phi) is 4.33. The molecule has 0 atom stereocenters. The highest BCUT2D eigenvalue weighted by atomic mass is 16.5. The molecule has 1 heterocycles. The van der Waals surface area contributed by atoms with Gasteiger partial charge in [0.2, 0.25) is 0 Å². The van der Waals surface area contributed by atoms with Gasteiger partial charge in [-0.3, -0.25) is 0 Å². The molecule has 1 fully saturated rings. The van der Waals surface area contributed by atoms with Crippen LogP contribution in [-0.2, 0) is 16.0 Å². The third-order valence-electron chi connectivity index (χ3n) is 2.85. The zero-order chi connectivity index (χ0) is 12.1. The van der Waals surface area contributed by atoms with Gasteiger partial charge in [-0.1, -0.05) is 5.21 Å². The first-order valence-electron chi connectivity index (χ1n) is 6.08. The van der Waals surface area contributed by atoms with Crippen molar-refractivity contribution in [3.05, 3.63) is 5.69 Å². The van der Waals surface area contributed by atoms with Gasteiger partial charge in [0, 0.05) is 26.2 Å². The van der Waals surface area contributed by atoms with Crippen molar-refractivity contribution in [1.82, 2.24) is 15.0 Å². The molecule has 0 amide bonds. The second-order valence-electron chi connectivity index (χ2n) is 4.32. The van der Waals surface area contributed by atoms with Gasteiger partial charge < -0.3 is 15.2 Å². The van der Waals surface area contributed by atoms with E-state index in [0.717, 1.165) is 31.9 Å². The minimum Gasteiger partial charge on any atom is -0.385 e. The van der Waals surface area contributed by atoms with Crippen molar-refractivity contribution in [3.8, 4) is 0 Å². The fourth-order valence-corrected chi connectivity index (χ4v) is 1.83. The van der Waals surface area contributed by atoms with Crippen LogP contribution in [-0.4, -0.2) is 41.9 Å². The summed E-state index contributed by atoms with van der Waals surface area (Å²) in [4.78, 5) is 0. The number of nitrogens with zero attached hydrogens (tertiary/aromatic N) is 3. The first-order chi connectivity index (χ1) is 8.33. The van der Waals surface area contributed by atoms with Gasteiger partial charge in [-0.05, 0) is 19.3 Å². The van der Waals surface area contributed by atoms with Crippen LogP contribution in [0.5, 0.6) is 0 Å². The number of aromatic nitrogens is 3. The molecule has 2 N–H and O–H groups in total. The number of ether oxygens (including phenoxy) is 2. The van der Waals surface area contributed by atoms with Gasteiger partial charge in [0.1, 0.15) is 0 Å². The maximum atomic E-state index is 5.80. The van der Waals surface area contributed by atoms with Crippen LogP contribution in [0.1, 0.15) is 30.9 Å². The maximum absolute atomic E-state index is 5.80. The van der Waals surface area contributed by atoms with Crippen molar-refractivity contribution >= 4 is 5.82 Å². The molecular weight excluding hydrogens is 220 g/mol. The molecule has 2 rings (SSSR count). The highest BCUT2D eigenvalue weighted by molar-refractivity contribution is 5.38. The Labute approximate surface area is 101 Å². The summed E-state index contributed by atoms with van der Waals surface area (Å²) in [5, 5.41) is 7.97. The van der Waals surface area contributed by atoms with Crippen LogP contribution in [0.3, 0.4) is 0 Å². The van der Waals surface area contributed by atoms with Gasteiger partial charge in [-0.25, -0.2) is 4.68 Å². The zero-order valence-corrected chi connectivity index (χ0v) is 10.3. The molecule has 0 radical (unpaired) electrons. The van der Waals surface area contributed by atoms with E-state index >= 15 is 0 Å². The number of methoxy groups -OCH3 is 1. The van der Waals surface area contributed by atoms with Gasteiger partial charge in [0.25, 0.3) is 0 Å². The summed E-state index contributed by atoms with van der Waals surface area (Å²) in [6.45, 7) is 2.83. The van der Waals surface area contributed by atoms with E-state index < -0.39 is 0 Å². The number of hydrogen-bond donors (Lipinski definition) is 1. The van der Waals surface area contributed by atoms with Gasteiger partial charge in [0.15, 0.2) is 5.82 Å². The van der Waals surface area contributed by atoms with Gasteiger partial charge in [-0.15, -0.1) is 5.10 Å². The molecule has 1 aromatic rings. The van der Waals surface area contributed by atoms with Crippen LogP contribution in [0.4, 0.5) is 5.82 Å². The first kappa shape index (κ1) is 12.3. The Morgan fingerprint density at radius 3 is 2.88 bits per heavy atom. The summed E-state index contributed by atoms with van der Waals surface area (Å²) in [5.41, 5.74) is 6.89. The summed E-state index contributed by atoms with van der Waals surface area (Å²) in [5.74, 6) is 1.14. The fourth-order valence-electron chi connectivity index (χ4n) is 1.83. The first-order valence-corrected chi connectivity index (χ1v) is 6.08. The largest absolute Gasteiger partial charge is 0.385 e. The van der Waals surface area contributed by atoms with E-state index in [1.54, 1.807) is 7.11 Å². The molecule has 17 heavy (non-hydrogen) atoms. The van der Waals surface area contributed by atoms with Gasteiger partial charge >= 0.3 is 0 Å². The van der Waals surface area contributed by atoms with Crippen LogP contribution >= 0.6 is 0 Å². The molecule has 1 saturated carbocycles. The SMILES string of the molecule is COCCCOCCn1nnc(N)c1C1CC1. The lowest BCUT2D eigenvalue weighted by atomic mass is 10.3. The monoisotopic (exact) mass is 240 g/mol. The van der Waals surface area contributed by atoms with Crippen molar-refractivity contribution in [3.63, 3.8) is 0 Å². The minimum atomic E-state index is 0.568. The van der Waals surface area contributed by atoms with Crippen LogP contribution in [0.25, 0.3) is 0 Å². The average molecular weight is 240 g/mol. The van der Waals surface area contributed by atoms with E-state index in [1.807, 2.05) is 4.68 Å². The highest BCUT2D eigenvalue weighted by Crippen LogP contribution is 2.41. The standard InChI is InChI=1S/C11H20N4O2/c1-16-6-2-7-17-8-5-15-10(9-3-4-9)11(12)13-14-15/h9H,2-8,12H2,1H3. The molecule has 0 aliphatic heterocycles. The Hall–Kier alpha value is -1.14. The number of hydrogen-bond acceptors (Lipinski definition) is 5. The Bertz CT molecular complexity index is 349. The number of rotatable bonds is 8. The summed E-state index contributed by atoms with van der Waals surface area (Å²) in [7, 11) is 1.69. The topological polar surface area (TPSA) is 75.2 Å². The van der Waals surface area contributed by atoms with E-state index in [9.17, 15) is 0 Å². The summed E-state index contributed by atoms with van der Waals surface area (Å²) >= 11 is 0. The molecule has 0 bridgehead atoms. The van der Waals surface area contributed by atoms with Crippen LogP contribution < -0.4 is 5.73 Å². The zero-order valence-electron chi connectivity index (χ0n) is 10.3. The lowest BCUT2D eigenvalue weighted by molar-refractivity contribution is 0.0954. The molecule has 0 saturated heterocycles. The second-order valence-corrected chi connectivity index (χ2v) is 4.32. The smallest absolute Gasteiger partial charge is 0.169 e. The summed E-state index contributed by atoms with van der Waals surface area (Å²) < 4.78 is 12.3. The predicted molar refractivity (Wildman–Crippen MR) is 63.7 cm³/mol. The fraction of sp³-hybridized carbons (Fsp3) is 0.818. The molecule has 1 aliphatic carbocycles. The third kappa shape index (κ3) is 3.41. The Balaban J connectivity index is 1.71. The second kappa shape index (κ2) is 5.97. The molecule has 1 aromatic heterocycles. The molecule has 6 nitrogen and oxygen atoms in total. The van der Waals surface area contributed by atoms with Crippen LogP contribution in [0.15, 0.2) is 0 Å². The van der Waals surface area contributed by atoms with Crippen LogP contribution in [0, 0.1) is 0 Å². The number of nitrogen functional groups attached to an aromatic ring is 1. The normalized spacial score (nSPS) is 15.4. The van der Waals surface area contributed by atoms with E-state index in [0.29, 0.717) is 18.3 Å². The quantitative estimate of drug-likeness (QED) is 0.680. The van der Waals surface area contributed by atoms with Crippen molar-refractivity contribution in [2.75, 3.05) is 32.7 Å². The number of anilines is 1. The lowest BCUT2D eigenvalue weighted by Crippen LogP contribution is -2.11. The molecule has 0 aromatic carbocycles. The van der Waals surface area contributed by atoms with Crippen molar-refractivity contribution in [2.24, 2.45) is 0 Å². The Morgan fingerprint density at radius 1 is 1.35 bits per heavy atom. The summed E-state index contributed by atoms with van der Waals surface area (Å²) in [6.07, 6.45) is 3.32. The summed E-state index contributed by atoms with van der Waals surface area (Å²) in [6, 6.07) is 0. The van der Waals surface area contributed by atoms with E-state index in [4.69, 9.17) is 15.2 Å². The molecular formula is C11H20N4O2. The van der Waals surface area contributed by atoms with E-state index in [-0.39, 0.29) is 0 Å². The third-order valence-corrected chi connectivity index (χ3v) is 2.85. The van der Waals surface area contributed by atoms with Crippen molar-refractivity contribution < 1.29 is 9.47 Å². The van der Waals surface area contributed by atoms with E-state index in [2.05, 4.69) is 10.3 Å². The Morgan fingerprint density at radius 2 is 2.18 bits per heavy atom. The maximum Gasteiger partial charge on any atom is 0.169 e. The van der Waals surface area contributed by atoms with Crippen molar-refractivity contribution in [2.45, 2.75) is 31.7 Å².